The van der Waals surface area contributed by atoms with Crippen molar-refractivity contribution in [1.29, 1.82) is 0 Å². The summed E-state index contributed by atoms with van der Waals surface area (Å²) in [7, 11) is 0. The van der Waals surface area contributed by atoms with E-state index in [1.165, 1.54) is 18.2 Å². The van der Waals surface area contributed by atoms with Gasteiger partial charge in [-0.15, -0.1) is 0 Å². The maximum Gasteiger partial charge on any atom is 0.251 e. The fraction of sp³-hybridized carbons (Fsp3) is 0.154. The third-order valence-electron chi connectivity index (χ3n) is 2.66. The molecule has 0 radical (unpaired) electrons. The molecule has 1 aromatic carbocycles. The van der Waals surface area contributed by atoms with E-state index < -0.39 is 5.82 Å². The molecule has 0 saturated carbocycles. The van der Waals surface area contributed by atoms with Crippen LogP contribution < -0.4 is 11.1 Å². The quantitative estimate of drug-likeness (QED) is 0.837. The van der Waals surface area contributed by atoms with E-state index in [0.29, 0.717) is 12.1 Å². The normalized spacial score (nSPS) is 10.3. The Balaban J connectivity index is 2.04. The molecule has 5 heteroatoms. The third kappa shape index (κ3) is 2.68. The monoisotopic (exact) mass is 264 g/mol. The van der Waals surface area contributed by atoms with E-state index in [9.17, 15) is 9.18 Å². The van der Waals surface area contributed by atoms with Crippen molar-refractivity contribution < 1.29 is 9.18 Å². The standard InChI is InChI=1S/C13H13FN2OS/c1-8-6-18-7-10(8)5-16-13(17)9-2-3-11(14)12(15)4-9/h2-4,6-7H,5,15H2,1H3,(H,16,17). The smallest absolute Gasteiger partial charge is 0.251 e. The molecule has 1 amide bonds. The van der Waals surface area contributed by atoms with Crippen molar-refractivity contribution in [2.45, 2.75) is 13.5 Å². The number of thiophene rings is 1. The highest BCUT2D eigenvalue weighted by Gasteiger charge is 2.08. The van der Waals surface area contributed by atoms with Crippen molar-refractivity contribution in [3.8, 4) is 0 Å². The Labute approximate surface area is 108 Å². The summed E-state index contributed by atoms with van der Waals surface area (Å²) in [5, 5.41) is 6.80. The average Bonchev–Trinajstić information content (AvgIpc) is 2.75. The van der Waals surface area contributed by atoms with Gasteiger partial charge in [0, 0.05) is 12.1 Å². The van der Waals surface area contributed by atoms with Gasteiger partial charge in [-0.1, -0.05) is 0 Å². The SMILES string of the molecule is Cc1cscc1CNC(=O)c1ccc(F)c(N)c1. The number of rotatable bonds is 3. The number of nitrogen functional groups attached to an aromatic ring is 1. The lowest BCUT2D eigenvalue weighted by atomic mass is 10.1. The number of halogens is 1. The zero-order chi connectivity index (χ0) is 13.1. The molecular formula is C13H13FN2OS. The van der Waals surface area contributed by atoms with Gasteiger partial charge < -0.3 is 11.1 Å². The number of benzene rings is 1. The van der Waals surface area contributed by atoms with E-state index >= 15 is 0 Å². The second-order valence-electron chi connectivity index (χ2n) is 4.00. The fourth-order valence-electron chi connectivity index (χ4n) is 1.53. The minimum Gasteiger partial charge on any atom is -0.396 e. The summed E-state index contributed by atoms with van der Waals surface area (Å²) in [5.41, 5.74) is 8.00. The van der Waals surface area contributed by atoms with Gasteiger partial charge in [0.1, 0.15) is 5.82 Å². The fourth-order valence-corrected chi connectivity index (χ4v) is 2.39. The van der Waals surface area contributed by atoms with Gasteiger partial charge in [0.25, 0.3) is 5.91 Å². The molecule has 18 heavy (non-hydrogen) atoms. The second-order valence-corrected chi connectivity index (χ2v) is 4.74. The summed E-state index contributed by atoms with van der Waals surface area (Å²) < 4.78 is 13.0. The average molecular weight is 264 g/mol. The molecular weight excluding hydrogens is 251 g/mol. The van der Waals surface area contributed by atoms with Crippen LogP contribution in [0.1, 0.15) is 21.5 Å². The van der Waals surface area contributed by atoms with E-state index in [1.54, 1.807) is 11.3 Å². The van der Waals surface area contributed by atoms with Gasteiger partial charge in [-0.25, -0.2) is 4.39 Å². The molecule has 94 valence electrons. The molecule has 0 unspecified atom stereocenters. The van der Waals surface area contributed by atoms with Crippen molar-refractivity contribution in [2.75, 3.05) is 5.73 Å². The molecule has 0 spiro atoms. The summed E-state index contributed by atoms with van der Waals surface area (Å²) in [6.45, 7) is 2.46. The van der Waals surface area contributed by atoms with Gasteiger partial charge in [0.2, 0.25) is 0 Å². The van der Waals surface area contributed by atoms with Crippen LogP contribution in [0, 0.1) is 12.7 Å². The summed E-state index contributed by atoms with van der Waals surface area (Å²) in [6, 6.07) is 3.95. The Morgan fingerprint density at radius 2 is 2.22 bits per heavy atom. The van der Waals surface area contributed by atoms with Gasteiger partial charge in [-0.05, 0) is 47.0 Å². The Hall–Kier alpha value is -1.88. The first-order valence-electron chi connectivity index (χ1n) is 5.43. The molecule has 0 aliphatic rings. The predicted octanol–water partition coefficient (Wildman–Crippen LogP) is 2.71. The number of carbonyl (C=O) groups excluding carboxylic acids is 1. The number of nitrogens with two attached hydrogens (primary N) is 1. The van der Waals surface area contributed by atoms with Gasteiger partial charge in [-0.3, -0.25) is 4.79 Å². The van der Waals surface area contributed by atoms with Crippen molar-refractivity contribution in [1.82, 2.24) is 5.32 Å². The predicted molar refractivity (Wildman–Crippen MR) is 71.0 cm³/mol. The van der Waals surface area contributed by atoms with E-state index in [1.807, 2.05) is 17.7 Å². The lowest BCUT2D eigenvalue weighted by Gasteiger charge is -2.06. The van der Waals surface area contributed by atoms with Crippen molar-refractivity contribution in [2.24, 2.45) is 0 Å². The minimum atomic E-state index is -0.514. The minimum absolute atomic E-state index is 0.0191. The number of aryl methyl sites for hydroxylation is 1. The van der Waals surface area contributed by atoms with Crippen LogP contribution in [0.5, 0.6) is 0 Å². The Kier molecular flexibility index (Phi) is 3.62. The summed E-state index contributed by atoms with van der Waals surface area (Å²) in [5.74, 6) is -0.771. The van der Waals surface area contributed by atoms with Crippen molar-refractivity contribution in [3.63, 3.8) is 0 Å². The highest BCUT2D eigenvalue weighted by atomic mass is 32.1. The molecule has 0 atom stereocenters. The number of amides is 1. The van der Waals surface area contributed by atoms with Crippen LogP contribution in [0.3, 0.4) is 0 Å². The Morgan fingerprint density at radius 3 is 2.83 bits per heavy atom. The van der Waals surface area contributed by atoms with Crippen LogP contribution in [-0.2, 0) is 6.54 Å². The molecule has 0 aliphatic heterocycles. The van der Waals surface area contributed by atoms with Crippen LogP contribution in [0.2, 0.25) is 0 Å². The maximum absolute atomic E-state index is 13.0. The summed E-state index contributed by atoms with van der Waals surface area (Å²) in [6.07, 6.45) is 0. The van der Waals surface area contributed by atoms with E-state index in [-0.39, 0.29) is 11.6 Å². The second kappa shape index (κ2) is 5.18. The first kappa shape index (κ1) is 12.6. The Bertz CT molecular complexity index is 580. The zero-order valence-electron chi connectivity index (χ0n) is 9.87. The van der Waals surface area contributed by atoms with Crippen molar-refractivity contribution >= 4 is 22.9 Å². The highest BCUT2D eigenvalue weighted by Crippen LogP contribution is 2.14. The largest absolute Gasteiger partial charge is 0.396 e. The van der Waals surface area contributed by atoms with Crippen molar-refractivity contribution in [3.05, 3.63) is 51.5 Å². The van der Waals surface area contributed by atoms with E-state index in [0.717, 1.165) is 11.1 Å². The molecule has 3 nitrogen and oxygen atoms in total. The molecule has 2 rings (SSSR count). The van der Waals surface area contributed by atoms with Gasteiger partial charge in [0.05, 0.1) is 5.69 Å². The van der Waals surface area contributed by atoms with Gasteiger partial charge >= 0.3 is 0 Å². The number of anilines is 1. The highest BCUT2D eigenvalue weighted by molar-refractivity contribution is 7.08. The molecule has 0 bridgehead atoms. The molecule has 0 aliphatic carbocycles. The van der Waals surface area contributed by atoms with E-state index in [4.69, 9.17) is 5.73 Å². The van der Waals surface area contributed by atoms with Crippen LogP contribution in [0.15, 0.2) is 29.0 Å². The topological polar surface area (TPSA) is 55.1 Å². The molecule has 0 saturated heterocycles. The first-order valence-corrected chi connectivity index (χ1v) is 6.37. The van der Waals surface area contributed by atoms with Gasteiger partial charge in [0.15, 0.2) is 0 Å². The summed E-state index contributed by atoms with van der Waals surface area (Å²) >= 11 is 1.60. The first-order chi connectivity index (χ1) is 8.58. The lowest BCUT2D eigenvalue weighted by molar-refractivity contribution is 0.0951. The number of nitrogens with one attached hydrogen (secondary N) is 1. The van der Waals surface area contributed by atoms with Crippen LogP contribution in [-0.4, -0.2) is 5.91 Å². The van der Waals surface area contributed by atoms with Crippen LogP contribution in [0.25, 0.3) is 0 Å². The maximum atomic E-state index is 13.0. The molecule has 0 fully saturated rings. The van der Waals surface area contributed by atoms with Crippen LogP contribution >= 0.6 is 11.3 Å². The molecule has 2 aromatic rings. The van der Waals surface area contributed by atoms with Gasteiger partial charge in [-0.2, -0.15) is 11.3 Å². The molecule has 1 aromatic heterocycles. The number of hydrogen-bond donors (Lipinski definition) is 2. The lowest BCUT2D eigenvalue weighted by Crippen LogP contribution is -2.23. The summed E-state index contributed by atoms with van der Waals surface area (Å²) in [4.78, 5) is 11.8. The third-order valence-corrected chi connectivity index (χ3v) is 3.57. The zero-order valence-corrected chi connectivity index (χ0v) is 10.7. The number of carbonyl (C=O) groups is 1. The number of hydrogen-bond acceptors (Lipinski definition) is 3. The van der Waals surface area contributed by atoms with E-state index in [2.05, 4.69) is 5.32 Å². The molecule has 1 heterocycles. The van der Waals surface area contributed by atoms with Crippen LogP contribution in [0.4, 0.5) is 10.1 Å². The molecule has 3 N–H and O–H groups in total. The Morgan fingerprint density at radius 1 is 1.44 bits per heavy atom.